The molecular weight excluding hydrogens is 623 g/mol. The summed E-state index contributed by atoms with van der Waals surface area (Å²) in [6.45, 7) is 9.48. The Morgan fingerprint density at radius 2 is 0.900 bits per heavy atom. The molecule has 0 saturated heterocycles. The highest BCUT2D eigenvalue weighted by molar-refractivity contribution is 7.25. The molecule has 8 aromatic rings. The van der Waals surface area contributed by atoms with Gasteiger partial charge in [0.25, 0.3) is 0 Å². The zero-order valence-corrected chi connectivity index (χ0v) is 29.6. The van der Waals surface area contributed by atoms with Gasteiger partial charge in [-0.3, -0.25) is 0 Å². The molecule has 1 nitrogen and oxygen atoms in total. The van der Waals surface area contributed by atoms with E-state index in [1.165, 1.54) is 87.2 Å². The molecule has 0 aliphatic heterocycles. The molecule has 2 aliphatic rings. The minimum Gasteiger partial charge on any atom is -0.309 e. The first-order valence-corrected chi connectivity index (χ1v) is 18.4. The monoisotopic (exact) mass is 659 g/mol. The number of thiophene rings is 1. The maximum absolute atomic E-state index is 2.54. The Labute approximate surface area is 298 Å². The number of benzene rings is 7. The van der Waals surface area contributed by atoms with Crippen molar-refractivity contribution in [3.05, 3.63) is 174 Å². The predicted molar refractivity (Wildman–Crippen MR) is 215 cm³/mol. The normalized spacial score (nSPS) is 14.7. The van der Waals surface area contributed by atoms with Crippen LogP contribution in [0.5, 0.6) is 0 Å². The molecule has 0 fully saturated rings. The molecule has 0 bridgehead atoms. The van der Waals surface area contributed by atoms with Crippen molar-refractivity contribution in [3.8, 4) is 33.4 Å². The van der Waals surface area contributed by atoms with Crippen molar-refractivity contribution < 1.29 is 0 Å². The molecular formula is C48H37NS. The molecule has 0 unspecified atom stereocenters. The van der Waals surface area contributed by atoms with Crippen molar-refractivity contribution in [1.29, 1.82) is 0 Å². The zero-order chi connectivity index (χ0) is 33.8. The third-order valence-electron chi connectivity index (χ3n) is 11.5. The molecule has 1 aromatic heterocycles. The van der Waals surface area contributed by atoms with Crippen LogP contribution < -0.4 is 4.90 Å². The predicted octanol–water partition coefficient (Wildman–Crippen LogP) is 13.8. The fraction of sp³-hybridized carbons (Fsp3) is 0.125. The van der Waals surface area contributed by atoms with Gasteiger partial charge in [0.1, 0.15) is 0 Å². The lowest BCUT2D eigenvalue weighted by atomic mass is 9.82. The van der Waals surface area contributed by atoms with Gasteiger partial charge < -0.3 is 4.90 Å². The maximum Gasteiger partial charge on any atom is 0.0543 e. The van der Waals surface area contributed by atoms with Crippen molar-refractivity contribution in [3.63, 3.8) is 0 Å². The Bertz CT molecular complexity index is 2550. The Morgan fingerprint density at radius 3 is 1.52 bits per heavy atom. The van der Waals surface area contributed by atoms with E-state index in [1.54, 1.807) is 0 Å². The second kappa shape index (κ2) is 10.5. The van der Waals surface area contributed by atoms with Crippen LogP contribution in [0.25, 0.3) is 53.6 Å². The average molecular weight is 660 g/mol. The van der Waals surface area contributed by atoms with E-state index >= 15 is 0 Å². The van der Waals surface area contributed by atoms with Crippen LogP contribution in [-0.4, -0.2) is 0 Å². The Morgan fingerprint density at radius 1 is 0.420 bits per heavy atom. The molecule has 0 amide bonds. The minimum absolute atomic E-state index is 0.0906. The van der Waals surface area contributed by atoms with Crippen molar-refractivity contribution in [2.75, 3.05) is 4.90 Å². The van der Waals surface area contributed by atoms with Gasteiger partial charge in [-0.05, 0) is 80.9 Å². The van der Waals surface area contributed by atoms with Crippen LogP contribution in [0.1, 0.15) is 49.9 Å². The van der Waals surface area contributed by atoms with E-state index in [0.29, 0.717) is 0 Å². The number of nitrogens with zero attached hydrogens (tertiary/aromatic N) is 1. The van der Waals surface area contributed by atoms with Gasteiger partial charge in [-0.1, -0.05) is 143 Å². The van der Waals surface area contributed by atoms with Crippen LogP contribution in [0.4, 0.5) is 17.1 Å². The van der Waals surface area contributed by atoms with Crippen LogP contribution in [0.15, 0.2) is 152 Å². The number of hydrogen-bond donors (Lipinski definition) is 0. The second-order valence-corrected chi connectivity index (χ2v) is 16.0. The maximum atomic E-state index is 2.54. The summed E-state index contributed by atoms with van der Waals surface area (Å²) in [5.74, 6) is 0. The average Bonchev–Trinajstić information content (AvgIpc) is 3.73. The highest BCUT2D eigenvalue weighted by Gasteiger charge is 2.40. The smallest absolute Gasteiger partial charge is 0.0543 e. The van der Waals surface area contributed by atoms with Crippen molar-refractivity contribution in [2.45, 2.75) is 38.5 Å². The van der Waals surface area contributed by atoms with Crippen LogP contribution in [0.2, 0.25) is 0 Å². The molecule has 1 heterocycles. The third-order valence-corrected chi connectivity index (χ3v) is 12.6. The van der Waals surface area contributed by atoms with Crippen LogP contribution in [0.3, 0.4) is 0 Å². The second-order valence-electron chi connectivity index (χ2n) is 14.9. The molecule has 0 saturated carbocycles. The van der Waals surface area contributed by atoms with Gasteiger partial charge >= 0.3 is 0 Å². The van der Waals surface area contributed by atoms with E-state index < -0.39 is 0 Å². The summed E-state index contributed by atoms with van der Waals surface area (Å²) in [6.07, 6.45) is 0. The first-order chi connectivity index (χ1) is 24.3. The summed E-state index contributed by atoms with van der Waals surface area (Å²) in [6, 6.07) is 56.7. The quantitative estimate of drug-likeness (QED) is 0.182. The van der Waals surface area contributed by atoms with Gasteiger partial charge in [0.15, 0.2) is 0 Å². The van der Waals surface area contributed by atoms with Gasteiger partial charge in [-0.25, -0.2) is 0 Å². The van der Waals surface area contributed by atoms with E-state index in [0.717, 1.165) is 5.69 Å². The van der Waals surface area contributed by atoms with E-state index in [9.17, 15) is 0 Å². The van der Waals surface area contributed by atoms with E-state index in [4.69, 9.17) is 0 Å². The molecule has 0 spiro atoms. The third kappa shape index (κ3) is 4.00. The molecule has 240 valence electrons. The fourth-order valence-corrected chi connectivity index (χ4v) is 10.2. The highest BCUT2D eigenvalue weighted by atomic mass is 32.1. The lowest BCUT2D eigenvalue weighted by Crippen LogP contribution is -2.17. The number of fused-ring (bicyclic) bond motifs is 9. The van der Waals surface area contributed by atoms with Crippen LogP contribution in [-0.2, 0) is 10.8 Å². The lowest BCUT2D eigenvalue weighted by molar-refractivity contribution is 0.660. The number of hydrogen-bond acceptors (Lipinski definition) is 2. The molecule has 10 rings (SSSR count). The molecule has 0 N–H and O–H groups in total. The van der Waals surface area contributed by atoms with Crippen molar-refractivity contribution in [2.24, 2.45) is 0 Å². The molecule has 0 radical (unpaired) electrons. The molecule has 50 heavy (non-hydrogen) atoms. The lowest BCUT2D eigenvalue weighted by Gasteiger charge is -2.31. The first-order valence-electron chi connectivity index (χ1n) is 17.6. The topological polar surface area (TPSA) is 3.24 Å². The first kappa shape index (κ1) is 29.5. The van der Waals surface area contributed by atoms with Crippen molar-refractivity contribution in [1.82, 2.24) is 0 Å². The largest absolute Gasteiger partial charge is 0.309 e. The SMILES string of the molecule is CC1(C)c2ccccc2-c2c(N(c3ccc(-c4cccc5sc6ccccc6c45)cc3)c3cccc4c3-c3ccccc3C4(C)C)cccc21. The zero-order valence-electron chi connectivity index (χ0n) is 28.8. The van der Waals surface area contributed by atoms with Crippen molar-refractivity contribution >= 4 is 48.6 Å². The highest BCUT2D eigenvalue weighted by Crippen LogP contribution is 2.58. The molecule has 0 atom stereocenters. The van der Waals surface area contributed by atoms with E-state index in [-0.39, 0.29) is 10.8 Å². The number of rotatable bonds is 4. The Balaban J connectivity index is 1.23. The van der Waals surface area contributed by atoms with E-state index in [2.05, 4.69) is 184 Å². The fourth-order valence-electron chi connectivity index (χ4n) is 9.06. The van der Waals surface area contributed by atoms with Gasteiger partial charge in [0.05, 0.1) is 11.4 Å². The summed E-state index contributed by atoms with van der Waals surface area (Å²) >= 11 is 1.88. The molecule has 2 heteroatoms. The summed E-state index contributed by atoms with van der Waals surface area (Å²) in [4.78, 5) is 2.54. The van der Waals surface area contributed by atoms with Crippen LogP contribution >= 0.6 is 11.3 Å². The van der Waals surface area contributed by atoms with Gasteiger partial charge in [0, 0.05) is 47.8 Å². The standard InChI is InChI=1S/C48H37NS/c1-47(2)36-18-8-5-14-33(36)45-38(47)20-12-22-40(45)49(41-23-13-21-39-46(41)34-15-6-9-19-37(34)48(39,3)4)31-28-26-30(27-29-31)32-17-11-25-43-44(32)35-16-7-10-24-42(35)50-43/h5-29H,1-4H3. The van der Waals surface area contributed by atoms with Gasteiger partial charge in [-0.2, -0.15) is 0 Å². The Hall–Kier alpha value is -5.44. The molecule has 7 aromatic carbocycles. The van der Waals surface area contributed by atoms with Gasteiger partial charge in [0.2, 0.25) is 0 Å². The summed E-state index contributed by atoms with van der Waals surface area (Å²) in [5, 5.41) is 2.67. The Kier molecular flexibility index (Phi) is 6.21. The summed E-state index contributed by atoms with van der Waals surface area (Å²) in [5.41, 5.74) is 16.8. The summed E-state index contributed by atoms with van der Waals surface area (Å²) in [7, 11) is 0. The minimum atomic E-state index is -0.0906. The molecule has 2 aliphatic carbocycles. The van der Waals surface area contributed by atoms with Gasteiger partial charge in [-0.15, -0.1) is 11.3 Å². The number of anilines is 3. The van der Waals surface area contributed by atoms with Crippen LogP contribution in [0, 0.1) is 0 Å². The van der Waals surface area contributed by atoms with E-state index in [1.807, 2.05) is 11.3 Å². The summed E-state index contributed by atoms with van der Waals surface area (Å²) < 4.78 is 2.66.